The molecule has 0 fully saturated rings. The third kappa shape index (κ3) is 6.29. The van der Waals surface area contributed by atoms with Crippen LogP contribution in [0.25, 0.3) is 11.3 Å². The number of carbonyl (C=O) groups is 1. The summed E-state index contributed by atoms with van der Waals surface area (Å²) in [7, 11) is 0. The van der Waals surface area contributed by atoms with Crippen molar-refractivity contribution in [2.24, 2.45) is 0 Å². The van der Waals surface area contributed by atoms with E-state index in [1.54, 1.807) is 6.20 Å². The number of nitrogens with one attached hydrogen (secondary N) is 1. The predicted octanol–water partition coefficient (Wildman–Crippen LogP) is 5.71. The summed E-state index contributed by atoms with van der Waals surface area (Å²) in [6.45, 7) is 2.15. The number of ether oxygens (including phenoxy) is 1. The first-order valence-corrected chi connectivity index (χ1v) is 11.7. The van der Waals surface area contributed by atoms with E-state index in [0.717, 1.165) is 28.9 Å². The molecule has 0 bridgehead atoms. The number of hydrogen-bond donors (Lipinski definition) is 1. The van der Waals surface area contributed by atoms with Crippen LogP contribution in [0.2, 0.25) is 0 Å². The van der Waals surface area contributed by atoms with Gasteiger partial charge in [0.05, 0.1) is 24.2 Å². The van der Waals surface area contributed by atoms with Crippen LogP contribution in [0.4, 0.5) is 5.82 Å². The van der Waals surface area contributed by atoms with E-state index in [-0.39, 0.29) is 5.97 Å². The molecule has 3 aromatic carbocycles. The highest BCUT2D eigenvalue weighted by Gasteiger charge is 2.22. The zero-order chi connectivity index (χ0) is 23.6. The van der Waals surface area contributed by atoms with Crippen molar-refractivity contribution in [3.05, 3.63) is 114 Å². The summed E-state index contributed by atoms with van der Waals surface area (Å²) in [6, 6.07) is 29.8. The number of rotatable bonds is 10. The van der Waals surface area contributed by atoms with Crippen molar-refractivity contribution in [1.82, 2.24) is 9.97 Å². The van der Waals surface area contributed by atoms with Crippen molar-refractivity contribution in [3.63, 3.8) is 0 Å². The van der Waals surface area contributed by atoms with Crippen LogP contribution in [0, 0.1) is 0 Å². The van der Waals surface area contributed by atoms with Crippen molar-refractivity contribution in [1.29, 1.82) is 0 Å². The Kier molecular flexibility index (Phi) is 8.01. The van der Waals surface area contributed by atoms with Crippen LogP contribution in [-0.2, 0) is 22.4 Å². The van der Waals surface area contributed by atoms with Crippen LogP contribution in [0.15, 0.2) is 97.2 Å². The lowest BCUT2D eigenvalue weighted by Gasteiger charge is -2.20. The summed E-state index contributed by atoms with van der Waals surface area (Å²) in [5.74, 6) is 0.327. The smallest absolute Gasteiger partial charge is 0.328 e. The number of aromatic nitrogens is 2. The van der Waals surface area contributed by atoms with Gasteiger partial charge in [-0.15, -0.1) is 0 Å². The van der Waals surface area contributed by atoms with E-state index in [9.17, 15) is 4.79 Å². The SMILES string of the molecule is CCOC(=O)C(CCc1ccccc1)Nc1ncc(-c2ccccc2)nc1Cc1ccccc1. The van der Waals surface area contributed by atoms with Crippen LogP contribution >= 0.6 is 0 Å². The summed E-state index contributed by atoms with van der Waals surface area (Å²) in [5.41, 5.74) is 4.90. The first-order chi connectivity index (χ1) is 16.7. The van der Waals surface area contributed by atoms with Gasteiger partial charge in [-0.3, -0.25) is 0 Å². The Morgan fingerprint density at radius 1 is 0.882 bits per heavy atom. The molecule has 0 aliphatic heterocycles. The third-order valence-electron chi connectivity index (χ3n) is 5.58. The Morgan fingerprint density at radius 2 is 1.50 bits per heavy atom. The van der Waals surface area contributed by atoms with Gasteiger partial charge in [0.2, 0.25) is 0 Å². The van der Waals surface area contributed by atoms with Gasteiger partial charge in [-0.1, -0.05) is 91.0 Å². The van der Waals surface area contributed by atoms with Crippen molar-refractivity contribution < 1.29 is 9.53 Å². The average molecular weight is 452 g/mol. The predicted molar refractivity (Wildman–Crippen MR) is 136 cm³/mol. The van der Waals surface area contributed by atoms with Gasteiger partial charge in [0.1, 0.15) is 11.9 Å². The minimum atomic E-state index is -0.522. The second-order valence-electron chi connectivity index (χ2n) is 8.05. The lowest BCUT2D eigenvalue weighted by molar-refractivity contribution is -0.144. The normalized spacial score (nSPS) is 11.6. The lowest BCUT2D eigenvalue weighted by Crippen LogP contribution is -2.33. The van der Waals surface area contributed by atoms with Crippen LogP contribution < -0.4 is 5.32 Å². The standard InChI is InChI=1S/C29H29N3O2/c1-2-34-29(33)25(19-18-22-12-6-3-7-13-22)32-28-26(20-23-14-8-4-9-15-23)31-27(21-30-28)24-16-10-5-11-17-24/h3-17,21,25H,2,18-20H2,1H3,(H,30,32). The number of aryl methyl sites for hydroxylation is 1. The van der Waals surface area contributed by atoms with E-state index >= 15 is 0 Å². The Bertz CT molecular complexity index is 1180. The maximum atomic E-state index is 12.8. The molecule has 172 valence electrons. The van der Waals surface area contributed by atoms with E-state index in [0.29, 0.717) is 25.3 Å². The zero-order valence-electron chi connectivity index (χ0n) is 19.4. The molecule has 0 amide bonds. The highest BCUT2D eigenvalue weighted by atomic mass is 16.5. The van der Waals surface area contributed by atoms with Crippen LogP contribution in [0.1, 0.15) is 30.2 Å². The van der Waals surface area contributed by atoms with Gasteiger partial charge in [0.15, 0.2) is 0 Å². The molecular weight excluding hydrogens is 422 g/mol. The van der Waals surface area contributed by atoms with Gasteiger partial charge < -0.3 is 10.1 Å². The molecule has 4 rings (SSSR count). The first-order valence-electron chi connectivity index (χ1n) is 11.7. The molecule has 1 unspecified atom stereocenters. The number of nitrogens with zero attached hydrogens (tertiary/aromatic N) is 2. The molecule has 0 saturated heterocycles. The number of benzene rings is 3. The largest absolute Gasteiger partial charge is 0.464 e. The van der Waals surface area contributed by atoms with Gasteiger partial charge in [0.25, 0.3) is 0 Å². The van der Waals surface area contributed by atoms with Gasteiger partial charge in [-0.2, -0.15) is 0 Å². The van der Waals surface area contributed by atoms with E-state index in [1.807, 2.05) is 73.7 Å². The molecule has 1 atom stereocenters. The van der Waals surface area contributed by atoms with Crippen LogP contribution in [-0.4, -0.2) is 28.6 Å². The van der Waals surface area contributed by atoms with Crippen molar-refractivity contribution in [3.8, 4) is 11.3 Å². The zero-order valence-corrected chi connectivity index (χ0v) is 19.4. The maximum absolute atomic E-state index is 12.8. The highest BCUT2D eigenvalue weighted by molar-refractivity contribution is 5.79. The first kappa shape index (κ1) is 23.2. The quantitative estimate of drug-likeness (QED) is 0.313. The van der Waals surface area contributed by atoms with E-state index in [2.05, 4.69) is 29.6 Å². The molecule has 5 heteroatoms. The number of carbonyl (C=O) groups excluding carboxylic acids is 1. The van der Waals surface area contributed by atoms with Gasteiger partial charge >= 0.3 is 5.97 Å². The van der Waals surface area contributed by atoms with Crippen molar-refractivity contribution in [2.45, 2.75) is 32.2 Å². The summed E-state index contributed by atoms with van der Waals surface area (Å²) in [6.07, 6.45) is 3.70. The molecule has 0 spiro atoms. The number of anilines is 1. The minimum Gasteiger partial charge on any atom is -0.464 e. The second-order valence-corrected chi connectivity index (χ2v) is 8.05. The monoisotopic (exact) mass is 451 g/mol. The second kappa shape index (κ2) is 11.8. The van der Waals surface area contributed by atoms with E-state index < -0.39 is 6.04 Å². The molecule has 0 aliphatic rings. The Balaban J connectivity index is 1.63. The summed E-state index contributed by atoms with van der Waals surface area (Å²) in [5, 5.41) is 3.35. The van der Waals surface area contributed by atoms with E-state index in [1.165, 1.54) is 5.56 Å². The highest BCUT2D eigenvalue weighted by Crippen LogP contribution is 2.23. The van der Waals surface area contributed by atoms with Crippen LogP contribution in [0.5, 0.6) is 0 Å². The fourth-order valence-electron chi connectivity index (χ4n) is 3.82. The fraction of sp³-hybridized carbons (Fsp3) is 0.207. The fourth-order valence-corrected chi connectivity index (χ4v) is 3.82. The Hall–Kier alpha value is -3.99. The maximum Gasteiger partial charge on any atom is 0.328 e. The minimum absolute atomic E-state index is 0.280. The molecule has 4 aromatic rings. The summed E-state index contributed by atoms with van der Waals surface area (Å²) < 4.78 is 5.37. The number of esters is 1. The molecule has 34 heavy (non-hydrogen) atoms. The Labute approximate surface area is 200 Å². The third-order valence-corrected chi connectivity index (χ3v) is 5.58. The molecule has 1 aromatic heterocycles. The Morgan fingerprint density at radius 3 is 2.15 bits per heavy atom. The molecule has 0 saturated carbocycles. The van der Waals surface area contributed by atoms with Gasteiger partial charge in [0, 0.05) is 12.0 Å². The van der Waals surface area contributed by atoms with Crippen molar-refractivity contribution >= 4 is 11.8 Å². The lowest BCUT2D eigenvalue weighted by atomic mass is 10.0. The topological polar surface area (TPSA) is 64.1 Å². The number of hydrogen-bond acceptors (Lipinski definition) is 5. The molecule has 0 radical (unpaired) electrons. The van der Waals surface area contributed by atoms with E-state index in [4.69, 9.17) is 14.7 Å². The van der Waals surface area contributed by atoms with Crippen molar-refractivity contribution in [2.75, 3.05) is 11.9 Å². The summed E-state index contributed by atoms with van der Waals surface area (Å²) >= 11 is 0. The van der Waals surface area contributed by atoms with Gasteiger partial charge in [-0.05, 0) is 30.9 Å². The van der Waals surface area contributed by atoms with Gasteiger partial charge in [-0.25, -0.2) is 14.8 Å². The molecule has 0 aliphatic carbocycles. The molecule has 1 N–H and O–H groups in total. The average Bonchev–Trinajstić information content (AvgIpc) is 2.89. The molecular formula is C29H29N3O2. The molecule has 1 heterocycles. The molecule has 5 nitrogen and oxygen atoms in total. The summed E-state index contributed by atoms with van der Waals surface area (Å²) in [4.78, 5) is 22.4. The van der Waals surface area contributed by atoms with Crippen LogP contribution in [0.3, 0.4) is 0 Å².